The highest BCUT2D eigenvalue weighted by Crippen LogP contribution is 2.13. The van der Waals surface area contributed by atoms with E-state index in [9.17, 15) is 0 Å². The van der Waals surface area contributed by atoms with Crippen LogP contribution in [0.2, 0.25) is 0 Å². The molecule has 0 aromatic carbocycles. The summed E-state index contributed by atoms with van der Waals surface area (Å²) >= 11 is 3.50. The van der Waals surface area contributed by atoms with Gasteiger partial charge in [-0.25, -0.2) is 4.98 Å². The number of rotatable bonds is 0. The van der Waals surface area contributed by atoms with Crippen LogP contribution in [0.5, 0.6) is 0 Å². The summed E-state index contributed by atoms with van der Waals surface area (Å²) in [5, 5.41) is 5.76. The molecule has 0 saturated carbocycles. The molecule has 0 aliphatic carbocycles. The molecule has 2 aliphatic heterocycles. The number of aromatic nitrogens is 2. The molecule has 0 amide bonds. The summed E-state index contributed by atoms with van der Waals surface area (Å²) in [6, 6.07) is 2.14. The molecule has 0 saturated heterocycles. The van der Waals surface area contributed by atoms with E-state index in [0.717, 1.165) is 29.9 Å². The zero-order valence-electron chi connectivity index (χ0n) is 22.9. The Morgan fingerprint density at radius 1 is 0.829 bits per heavy atom. The minimum Gasteiger partial charge on any atom is -0.364 e. The number of allylic oxidation sites excluding steroid dienone is 3. The summed E-state index contributed by atoms with van der Waals surface area (Å²) < 4.78 is 4.59. The second kappa shape index (κ2) is 16.1. The van der Waals surface area contributed by atoms with Gasteiger partial charge in [0.25, 0.3) is 0 Å². The van der Waals surface area contributed by atoms with E-state index in [2.05, 4.69) is 76.8 Å². The van der Waals surface area contributed by atoms with Gasteiger partial charge in [-0.05, 0) is 97.4 Å². The molecule has 0 spiro atoms. The number of nitrogens with zero attached hydrogens (tertiary/aromatic N) is 4. The molecule has 2 aliphatic rings. The second-order valence-corrected chi connectivity index (χ2v) is 10.6. The van der Waals surface area contributed by atoms with Crippen LogP contribution < -0.4 is 0 Å². The molecular weight excluding hydrogens is 472 g/mol. The first-order valence-corrected chi connectivity index (χ1v) is 13.4. The van der Waals surface area contributed by atoms with Crippen molar-refractivity contribution in [1.29, 1.82) is 0 Å². The molecule has 0 bridgehead atoms. The van der Waals surface area contributed by atoms with Crippen LogP contribution in [-0.4, -0.2) is 28.6 Å². The van der Waals surface area contributed by atoms with Crippen molar-refractivity contribution in [2.24, 2.45) is 9.98 Å². The summed E-state index contributed by atoms with van der Waals surface area (Å²) in [6.45, 7) is 21.4. The highest BCUT2D eigenvalue weighted by Gasteiger charge is 1.98. The van der Waals surface area contributed by atoms with Gasteiger partial charge in [-0.3, -0.25) is 9.98 Å². The average molecular weight is 513 g/mol. The molecule has 0 N–H and O–H groups in total. The fourth-order valence-corrected chi connectivity index (χ4v) is 3.64. The minimum absolute atomic E-state index is 0.900. The lowest BCUT2D eigenvalue weighted by Gasteiger charge is -1.85. The lowest BCUT2D eigenvalue weighted by molar-refractivity contribution is 0.414. The van der Waals surface area contributed by atoms with Crippen molar-refractivity contribution in [1.82, 2.24) is 10.1 Å². The molecular formula is C28H40N4OS2. The van der Waals surface area contributed by atoms with Crippen LogP contribution in [-0.2, 0) is 0 Å². The first-order chi connectivity index (χ1) is 16.5. The number of hydrogen-bond donors (Lipinski definition) is 0. The summed E-state index contributed by atoms with van der Waals surface area (Å²) in [5.41, 5.74) is 11.6. The van der Waals surface area contributed by atoms with Crippen LogP contribution >= 0.6 is 22.7 Å². The Morgan fingerprint density at radius 2 is 1.54 bits per heavy atom. The van der Waals surface area contributed by atoms with Gasteiger partial charge in [0, 0.05) is 39.4 Å². The van der Waals surface area contributed by atoms with Crippen molar-refractivity contribution in [2.45, 2.75) is 75.7 Å². The molecule has 35 heavy (non-hydrogen) atoms. The van der Waals surface area contributed by atoms with Gasteiger partial charge >= 0.3 is 0 Å². The zero-order chi connectivity index (χ0) is 26.4. The van der Waals surface area contributed by atoms with E-state index in [-0.39, 0.29) is 0 Å². The van der Waals surface area contributed by atoms with E-state index >= 15 is 0 Å². The van der Waals surface area contributed by atoms with Crippen LogP contribution in [0.1, 0.15) is 66.4 Å². The van der Waals surface area contributed by atoms with Gasteiger partial charge < -0.3 is 4.52 Å². The monoisotopic (exact) mass is 512 g/mol. The standard InChI is InChI=1S/2C6H9N.C6H8S.C5H7NO.C5H7NS/c3*1-5-3-4-7-6(5)2;1-4-3-7-6-5(4)2;1-4-5(2)7-3-6-4/h4H,3H2,1-2H3;3H,4H2,1-2H3;3-4H,1-2H3;2*3H,1-2H3. The summed E-state index contributed by atoms with van der Waals surface area (Å²) in [6.07, 6.45) is 6.78. The van der Waals surface area contributed by atoms with Crippen molar-refractivity contribution in [3.63, 3.8) is 0 Å². The van der Waals surface area contributed by atoms with Gasteiger partial charge in [-0.2, -0.15) is 0 Å². The average Bonchev–Trinajstić information content (AvgIpc) is 3.64. The number of aliphatic imine (C=N–C) groups is 2. The zero-order valence-corrected chi connectivity index (χ0v) is 24.5. The summed E-state index contributed by atoms with van der Waals surface area (Å²) in [4.78, 5) is 15.0. The van der Waals surface area contributed by atoms with Crippen LogP contribution in [0.15, 0.2) is 60.6 Å². The summed E-state index contributed by atoms with van der Waals surface area (Å²) in [7, 11) is 0. The SMILES string of the molecule is CC1=C(C)N=CC1.CC1=CCN=C1C.Cc1ccsc1C.Cc1conc1C.Cc1ncsc1C. The van der Waals surface area contributed by atoms with Gasteiger partial charge in [-0.1, -0.05) is 11.2 Å². The van der Waals surface area contributed by atoms with E-state index < -0.39 is 0 Å². The normalized spacial score (nSPS) is 13.3. The molecule has 5 heterocycles. The van der Waals surface area contributed by atoms with Crippen molar-refractivity contribution in [3.05, 3.63) is 78.4 Å². The van der Waals surface area contributed by atoms with E-state index in [1.165, 1.54) is 37.9 Å². The largest absolute Gasteiger partial charge is 0.364 e. The van der Waals surface area contributed by atoms with E-state index in [1.54, 1.807) is 28.9 Å². The van der Waals surface area contributed by atoms with Crippen molar-refractivity contribution < 1.29 is 4.52 Å². The molecule has 0 atom stereocenters. The van der Waals surface area contributed by atoms with Gasteiger partial charge in [0.05, 0.1) is 23.4 Å². The van der Waals surface area contributed by atoms with Crippen LogP contribution in [0.4, 0.5) is 0 Å². The molecule has 3 aromatic heterocycles. The predicted molar refractivity (Wildman–Crippen MR) is 155 cm³/mol. The van der Waals surface area contributed by atoms with Gasteiger partial charge in [0.15, 0.2) is 0 Å². The lowest BCUT2D eigenvalue weighted by atomic mass is 10.2. The van der Waals surface area contributed by atoms with Crippen LogP contribution in [0, 0.1) is 41.5 Å². The second-order valence-electron chi connectivity index (χ2n) is 8.43. The summed E-state index contributed by atoms with van der Waals surface area (Å²) in [5.74, 6) is 0. The van der Waals surface area contributed by atoms with E-state index in [1.807, 2.05) is 46.3 Å². The van der Waals surface area contributed by atoms with Crippen LogP contribution in [0.25, 0.3) is 0 Å². The smallest absolute Gasteiger partial charge is 0.126 e. The maximum Gasteiger partial charge on any atom is 0.126 e. The molecule has 0 radical (unpaired) electrons. The highest BCUT2D eigenvalue weighted by atomic mass is 32.1. The maximum absolute atomic E-state index is 4.59. The molecule has 7 heteroatoms. The van der Waals surface area contributed by atoms with Gasteiger partial charge in [0.2, 0.25) is 0 Å². The van der Waals surface area contributed by atoms with Crippen molar-refractivity contribution in [3.8, 4) is 0 Å². The molecule has 190 valence electrons. The Balaban J connectivity index is 0.000000219. The Labute approximate surface area is 219 Å². The Bertz CT molecular complexity index is 1000. The Kier molecular flexibility index (Phi) is 14.0. The third kappa shape index (κ3) is 12.1. The number of thiazole rings is 1. The first-order valence-electron chi connectivity index (χ1n) is 11.6. The lowest BCUT2D eigenvalue weighted by Crippen LogP contribution is -1.84. The number of aryl methyl sites for hydroxylation is 6. The van der Waals surface area contributed by atoms with Crippen molar-refractivity contribution >= 4 is 34.6 Å². The van der Waals surface area contributed by atoms with Gasteiger partial charge in [0.1, 0.15) is 6.26 Å². The first kappa shape index (κ1) is 30.4. The van der Waals surface area contributed by atoms with Crippen LogP contribution in [0.3, 0.4) is 0 Å². The predicted octanol–water partition coefficient (Wildman–Crippen LogP) is 8.58. The molecule has 3 aromatic rings. The fraction of sp³-hybridized carbons (Fsp3) is 0.429. The van der Waals surface area contributed by atoms with Gasteiger partial charge in [-0.15, -0.1) is 22.7 Å². The number of thiophene rings is 1. The minimum atomic E-state index is 0.900. The maximum atomic E-state index is 4.59. The Morgan fingerprint density at radius 3 is 1.69 bits per heavy atom. The molecule has 5 rings (SSSR count). The molecule has 0 fully saturated rings. The fourth-order valence-electron chi connectivity index (χ4n) is 2.32. The Hall–Kier alpha value is -2.64. The third-order valence-corrected chi connectivity index (χ3v) is 7.50. The van der Waals surface area contributed by atoms with E-state index in [0.29, 0.717) is 0 Å². The topological polar surface area (TPSA) is 63.6 Å². The van der Waals surface area contributed by atoms with Crippen molar-refractivity contribution in [2.75, 3.05) is 6.54 Å². The third-order valence-electron chi connectivity index (χ3n) is 5.69. The quantitative estimate of drug-likeness (QED) is 0.303. The number of hydrogen-bond acceptors (Lipinski definition) is 7. The highest BCUT2D eigenvalue weighted by molar-refractivity contribution is 7.10. The molecule has 5 nitrogen and oxygen atoms in total. The molecule has 0 unspecified atom stereocenters. The van der Waals surface area contributed by atoms with E-state index in [4.69, 9.17) is 0 Å².